The average molecular weight is 352 g/mol. The Morgan fingerprint density at radius 2 is 1.96 bits per heavy atom. The van der Waals surface area contributed by atoms with Crippen LogP contribution in [0, 0.1) is 5.92 Å². The van der Waals surface area contributed by atoms with Crippen LogP contribution in [0.5, 0.6) is 11.5 Å². The molecule has 134 valence electrons. The lowest BCUT2D eigenvalue weighted by atomic mass is 10.1. The molecular formula is C19H20N4O3. The van der Waals surface area contributed by atoms with E-state index in [1.54, 1.807) is 19.2 Å². The molecule has 7 heteroatoms. The molecule has 1 N–H and O–H groups in total. The largest absolute Gasteiger partial charge is 0.457 e. The van der Waals surface area contributed by atoms with Crippen LogP contribution < -0.4 is 10.1 Å². The Morgan fingerprint density at radius 3 is 2.65 bits per heavy atom. The second-order valence-electron chi connectivity index (χ2n) is 6.19. The fraction of sp³-hybridized carbons (Fsp3) is 0.263. The fourth-order valence-corrected chi connectivity index (χ4v) is 2.34. The Kier molecular flexibility index (Phi) is 5.26. The smallest absolute Gasteiger partial charge is 0.269 e. The molecule has 0 radical (unpaired) electrons. The zero-order valence-electron chi connectivity index (χ0n) is 14.9. The number of rotatable bonds is 6. The number of amides is 1. The predicted octanol–water partition coefficient (Wildman–Crippen LogP) is 3.48. The molecule has 0 spiro atoms. The lowest BCUT2D eigenvalue weighted by molar-refractivity contribution is 0.0958. The molecular weight excluding hydrogens is 332 g/mol. The molecule has 2 heterocycles. The van der Waals surface area contributed by atoms with E-state index in [1.807, 2.05) is 24.3 Å². The molecule has 0 aliphatic heterocycles. The van der Waals surface area contributed by atoms with E-state index in [-0.39, 0.29) is 5.91 Å². The summed E-state index contributed by atoms with van der Waals surface area (Å²) in [6.07, 6.45) is 2.29. The van der Waals surface area contributed by atoms with E-state index in [2.05, 4.69) is 34.3 Å². The summed E-state index contributed by atoms with van der Waals surface area (Å²) in [5, 5.41) is 6.55. The first-order valence-electron chi connectivity index (χ1n) is 8.34. The van der Waals surface area contributed by atoms with Gasteiger partial charge in [0.15, 0.2) is 0 Å². The van der Waals surface area contributed by atoms with Gasteiger partial charge in [0.2, 0.25) is 11.7 Å². The van der Waals surface area contributed by atoms with Crippen molar-refractivity contribution in [1.82, 2.24) is 20.4 Å². The summed E-state index contributed by atoms with van der Waals surface area (Å²) in [4.78, 5) is 20.0. The fourth-order valence-electron chi connectivity index (χ4n) is 2.34. The summed E-state index contributed by atoms with van der Waals surface area (Å²) in [5.74, 6) is 2.55. The van der Waals surface area contributed by atoms with Crippen LogP contribution in [0.25, 0.3) is 11.4 Å². The van der Waals surface area contributed by atoms with Crippen molar-refractivity contribution in [3.63, 3.8) is 0 Å². The van der Waals surface area contributed by atoms with Crippen LogP contribution in [-0.2, 0) is 6.42 Å². The predicted molar refractivity (Wildman–Crippen MR) is 96.0 cm³/mol. The normalized spacial score (nSPS) is 10.8. The molecule has 2 aromatic heterocycles. The standard InChI is InChI=1S/C19H20N4O3/c1-12(2)10-17-22-18(23-26-17)13-4-6-14(7-5-13)25-15-8-9-21-16(11-15)19(24)20-3/h4-9,11-12H,10H2,1-3H3,(H,20,24). The molecule has 0 aliphatic carbocycles. The minimum absolute atomic E-state index is 0.264. The highest BCUT2D eigenvalue weighted by Gasteiger charge is 2.11. The van der Waals surface area contributed by atoms with Crippen molar-refractivity contribution in [2.75, 3.05) is 7.05 Å². The Hall–Kier alpha value is -3.22. The van der Waals surface area contributed by atoms with E-state index in [9.17, 15) is 4.79 Å². The number of nitrogens with zero attached hydrogens (tertiary/aromatic N) is 3. The molecule has 1 amide bonds. The van der Waals surface area contributed by atoms with Gasteiger partial charge in [0.05, 0.1) is 0 Å². The van der Waals surface area contributed by atoms with Crippen LogP contribution >= 0.6 is 0 Å². The van der Waals surface area contributed by atoms with Gasteiger partial charge in [-0.15, -0.1) is 0 Å². The Bertz CT molecular complexity index is 888. The van der Waals surface area contributed by atoms with E-state index < -0.39 is 0 Å². The molecule has 0 bridgehead atoms. The average Bonchev–Trinajstić information content (AvgIpc) is 3.09. The number of hydrogen-bond acceptors (Lipinski definition) is 6. The molecule has 0 saturated heterocycles. The van der Waals surface area contributed by atoms with Crippen molar-refractivity contribution in [2.24, 2.45) is 5.92 Å². The van der Waals surface area contributed by atoms with E-state index in [0.717, 1.165) is 12.0 Å². The molecule has 3 rings (SSSR count). The second-order valence-corrected chi connectivity index (χ2v) is 6.19. The Labute approximate surface area is 151 Å². The molecule has 0 atom stereocenters. The van der Waals surface area contributed by atoms with Gasteiger partial charge in [0, 0.05) is 31.3 Å². The monoisotopic (exact) mass is 352 g/mol. The molecule has 0 unspecified atom stereocenters. The number of carbonyl (C=O) groups is 1. The first-order chi connectivity index (χ1) is 12.5. The molecule has 7 nitrogen and oxygen atoms in total. The van der Waals surface area contributed by atoms with Gasteiger partial charge in [-0.2, -0.15) is 4.98 Å². The summed E-state index contributed by atoms with van der Waals surface area (Å²) in [7, 11) is 1.56. The number of pyridine rings is 1. The lowest BCUT2D eigenvalue weighted by Gasteiger charge is -2.07. The van der Waals surface area contributed by atoms with Crippen LogP contribution in [0.15, 0.2) is 47.1 Å². The molecule has 3 aromatic rings. The Morgan fingerprint density at radius 1 is 1.19 bits per heavy atom. The second kappa shape index (κ2) is 7.77. The number of nitrogens with one attached hydrogen (secondary N) is 1. The molecule has 26 heavy (non-hydrogen) atoms. The Balaban J connectivity index is 1.72. The number of ether oxygens (including phenoxy) is 1. The van der Waals surface area contributed by atoms with Crippen molar-refractivity contribution in [1.29, 1.82) is 0 Å². The number of hydrogen-bond donors (Lipinski definition) is 1. The lowest BCUT2D eigenvalue weighted by Crippen LogP contribution is -2.18. The van der Waals surface area contributed by atoms with Crippen LogP contribution in [-0.4, -0.2) is 28.1 Å². The maximum Gasteiger partial charge on any atom is 0.269 e. The summed E-state index contributed by atoms with van der Waals surface area (Å²) in [6, 6.07) is 10.6. The summed E-state index contributed by atoms with van der Waals surface area (Å²) < 4.78 is 11.0. The summed E-state index contributed by atoms with van der Waals surface area (Å²) in [5.41, 5.74) is 1.14. The highest BCUT2D eigenvalue weighted by atomic mass is 16.5. The van der Waals surface area contributed by atoms with Crippen LogP contribution in [0.2, 0.25) is 0 Å². The molecule has 0 fully saturated rings. The third kappa shape index (κ3) is 4.24. The number of benzene rings is 1. The van der Waals surface area contributed by atoms with Gasteiger partial charge >= 0.3 is 0 Å². The van der Waals surface area contributed by atoms with Crippen LogP contribution in [0.3, 0.4) is 0 Å². The van der Waals surface area contributed by atoms with Gasteiger partial charge in [-0.05, 0) is 36.2 Å². The number of aromatic nitrogens is 3. The topological polar surface area (TPSA) is 90.1 Å². The quantitative estimate of drug-likeness (QED) is 0.730. The highest BCUT2D eigenvalue weighted by molar-refractivity contribution is 5.92. The van der Waals surface area contributed by atoms with Gasteiger partial charge in [-0.25, -0.2) is 0 Å². The van der Waals surface area contributed by atoms with Crippen molar-refractivity contribution in [3.8, 4) is 22.9 Å². The van der Waals surface area contributed by atoms with Gasteiger partial charge in [0.1, 0.15) is 17.2 Å². The third-order valence-corrected chi connectivity index (χ3v) is 3.59. The van der Waals surface area contributed by atoms with Gasteiger partial charge in [-0.1, -0.05) is 19.0 Å². The van der Waals surface area contributed by atoms with Gasteiger partial charge in [0.25, 0.3) is 5.91 Å². The van der Waals surface area contributed by atoms with E-state index in [4.69, 9.17) is 9.26 Å². The summed E-state index contributed by atoms with van der Waals surface area (Å²) in [6.45, 7) is 4.20. The van der Waals surface area contributed by atoms with Crippen molar-refractivity contribution >= 4 is 5.91 Å². The van der Waals surface area contributed by atoms with E-state index in [0.29, 0.717) is 34.8 Å². The van der Waals surface area contributed by atoms with Crippen LogP contribution in [0.1, 0.15) is 30.2 Å². The molecule has 1 aromatic carbocycles. The number of carbonyl (C=O) groups excluding carboxylic acids is 1. The van der Waals surface area contributed by atoms with Crippen molar-refractivity contribution in [3.05, 3.63) is 54.2 Å². The first kappa shape index (κ1) is 17.6. The minimum Gasteiger partial charge on any atom is -0.457 e. The van der Waals surface area contributed by atoms with Gasteiger partial charge in [-0.3, -0.25) is 9.78 Å². The maximum atomic E-state index is 11.6. The van der Waals surface area contributed by atoms with Gasteiger partial charge < -0.3 is 14.6 Å². The molecule has 0 saturated carbocycles. The SMILES string of the molecule is CNC(=O)c1cc(Oc2ccc(-c3noc(CC(C)C)n3)cc2)ccn1. The zero-order valence-corrected chi connectivity index (χ0v) is 14.9. The molecule has 0 aliphatic rings. The van der Waals surface area contributed by atoms with E-state index in [1.165, 1.54) is 6.20 Å². The first-order valence-corrected chi connectivity index (χ1v) is 8.34. The van der Waals surface area contributed by atoms with E-state index >= 15 is 0 Å². The highest BCUT2D eigenvalue weighted by Crippen LogP contribution is 2.25. The van der Waals surface area contributed by atoms with Crippen molar-refractivity contribution < 1.29 is 14.1 Å². The van der Waals surface area contributed by atoms with Crippen molar-refractivity contribution in [2.45, 2.75) is 20.3 Å². The third-order valence-electron chi connectivity index (χ3n) is 3.59. The van der Waals surface area contributed by atoms with Crippen LogP contribution in [0.4, 0.5) is 0 Å². The maximum absolute atomic E-state index is 11.6. The minimum atomic E-state index is -0.264. The summed E-state index contributed by atoms with van der Waals surface area (Å²) >= 11 is 0. The zero-order chi connectivity index (χ0) is 18.5.